The molecule has 0 saturated heterocycles. The van der Waals surface area contributed by atoms with Crippen LogP contribution in [0.5, 0.6) is 11.5 Å². The van der Waals surface area contributed by atoms with Crippen molar-refractivity contribution in [3.8, 4) is 11.5 Å². The van der Waals surface area contributed by atoms with Crippen molar-refractivity contribution in [2.24, 2.45) is 0 Å². The zero-order valence-electron chi connectivity index (χ0n) is 10.1. The number of halogens is 2. The van der Waals surface area contributed by atoms with Crippen LogP contribution < -0.4 is 15.2 Å². The van der Waals surface area contributed by atoms with E-state index in [0.717, 1.165) is 10.2 Å². The van der Waals surface area contributed by atoms with Crippen molar-refractivity contribution in [1.82, 2.24) is 0 Å². The molecule has 0 aromatic heterocycles. The predicted octanol–water partition coefficient (Wildman–Crippen LogP) is 3.63. The fourth-order valence-electron chi connectivity index (χ4n) is 1.52. The Morgan fingerprint density at radius 3 is 2.58 bits per heavy atom. The summed E-state index contributed by atoms with van der Waals surface area (Å²) in [6.45, 7) is 0.718. The van der Waals surface area contributed by atoms with E-state index in [1.807, 2.05) is 24.3 Å². The number of benzene rings is 2. The lowest BCUT2D eigenvalue weighted by Crippen LogP contribution is -2.10. The van der Waals surface area contributed by atoms with E-state index >= 15 is 0 Å². The molecule has 19 heavy (non-hydrogen) atoms. The first kappa shape index (κ1) is 13.7. The predicted molar refractivity (Wildman–Crippen MR) is 75.9 cm³/mol. The average Bonchev–Trinajstić information content (AvgIpc) is 2.37. The number of rotatable bonds is 5. The fraction of sp³-hybridized carbons (Fsp3) is 0.143. The van der Waals surface area contributed by atoms with E-state index in [9.17, 15) is 4.39 Å². The van der Waals surface area contributed by atoms with Gasteiger partial charge < -0.3 is 15.2 Å². The topological polar surface area (TPSA) is 44.5 Å². The van der Waals surface area contributed by atoms with Gasteiger partial charge in [-0.2, -0.15) is 0 Å². The van der Waals surface area contributed by atoms with E-state index in [2.05, 4.69) is 15.9 Å². The van der Waals surface area contributed by atoms with Gasteiger partial charge >= 0.3 is 0 Å². The molecule has 0 amide bonds. The van der Waals surface area contributed by atoms with Gasteiger partial charge in [-0.15, -0.1) is 0 Å². The van der Waals surface area contributed by atoms with Crippen molar-refractivity contribution >= 4 is 21.6 Å². The SMILES string of the molecule is Nc1cc(F)ccc1OCCOc1cccc(Br)c1. The number of hydrogen-bond donors (Lipinski definition) is 1. The van der Waals surface area contributed by atoms with Crippen molar-refractivity contribution < 1.29 is 13.9 Å². The number of hydrogen-bond acceptors (Lipinski definition) is 3. The molecular weight excluding hydrogens is 313 g/mol. The minimum Gasteiger partial charge on any atom is -0.490 e. The standard InChI is InChI=1S/C14H13BrFNO2/c15-10-2-1-3-12(8-10)18-6-7-19-14-5-4-11(16)9-13(14)17/h1-5,8-9H,6-7,17H2. The Kier molecular flexibility index (Phi) is 4.63. The quantitative estimate of drug-likeness (QED) is 0.674. The minimum absolute atomic E-state index is 0.280. The molecule has 3 nitrogen and oxygen atoms in total. The van der Waals surface area contributed by atoms with Crippen LogP contribution in [-0.4, -0.2) is 13.2 Å². The Morgan fingerprint density at radius 2 is 1.84 bits per heavy atom. The third kappa shape index (κ3) is 4.13. The van der Waals surface area contributed by atoms with Crippen molar-refractivity contribution in [3.05, 3.63) is 52.8 Å². The summed E-state index contributed by atoms with van der Waals surface area (Å²) < 4.78 is 24.7. The highest BCUT2D eigenvalue weighted by Crippen LogP contribution is 2.22. The third-order valence-electron chi connectivity index (χ3n) is 2.38. The third-order valence-corrected chi connectivity index (χ3v) is 2.87. The highest BCUT2D eigenvalue weighted by atomic mass is 79.9. The second-order valence-corrected chi connectivity index (χ2v) is 4.75. The number of nitrogens with two attached hydrogens (primary N) is 1. The Morgan fingerprint density at radius 1 is 1.05 bits per heavy atom. The summed E-state index contributed by atoms with van der Waals surface area (Å²) in [5.41, 5.74) is 5.90. The first-order valence-electron chi connectivity index (χ1n) is 5.71. The number of ether oxygens (including phenoxy) is 2. The van der Waals surface area contributed by atoms with Crippen LogP contribution in [0.4, 0.5) is 10.1 Å². The van der Waals surface area contributed by atoms with Crippen molar-refractivity contribution in [3.63, 3.8) is 0 Å². The van der Waals surface area contributed by atoms with Gasteiger partial charge in [0.05, 0.1) is 5.69 Å². The van der Waals surface area contributed by atoms with Gasteiger partial charge in [-0.05, 0) is 30.3 Å². The van der Waals surface area contributed by atoms with E-state index in [1.54, 1.807) is 0 Å². The molecule has 5 heteroatoms. The summed E-state index contributed by atoms with van der Waals surface area (Å²) in [5.74, 6) is 0.833. The van der Waals surface area contributed by atoms with Crippen molar-refractivity contribution in [1.29, 1.82) is 0 Å². The molecule has 0 heterocycles. The molecule has 2 aromatic rings. The molecular formula is C14H13BrFNO2. The van der Waals surface area contributed by atoms with Gasteiger partial charge in [-0.1, -0.05) is 22.0 Å². The molecule has 0 saturated carbocycles. The molecule has 0 aliphatic rings. The molecule has 2 rings (SSSR count). The zero-order valence-corrected chi connectivity index (χ0v) is 11.7. The molecule has 0 fully saturated rings. The second kappa shape index (κ2) is 6.43. The van der Waals surface area contributed by atoms with Crippen molar-refractivity contribution in [2.45, 2.75) is 0 Å². The molecule has 100 valence electrons. The summed E-state index contributed by atoms with van der Waals surface area (Å²) in [7, 11) is 0. The Balaban J connectivity index is 1.81. The zero-order chi connectivity index (χ0) is 13.7. The van der Waals surface area contributed by atoms with Crippen LogP contribution in [0.3, 0.4) is 0 Å². The Bertz CT molecular complexity index is 563. The molecule has 0 unspecified atom stereocenters. The Labute approximate surface area is 119 Å². The van der Waals surface area contributed by atoms with Gasteiger partial charge in [0.25, 0.3) is 0 Å². The largest absolute Gasteiger partial charge is 0.490 e. The number of nitrogen functional groups attached to an aromatic ring is 1. The summed E-state index contributed by atoms with van der Waals surface area (Å²) >= 11 is 3.36. The van der Waals surface area contributed by atoms with Gasteiger partial charge in [0.1, 0.15) is 30.5 Å². The van der Waals surface area contributed by atoms with Crippen molar-refractivity contribution in [2.75, 3.05) is 18.9 Å². The molecule has 0 bridgehead atoms. The maximum absolute atomic E-state index is 12.8. The highest BCUT2D eigenvalue weighted by molar-refractivity contribution is 9.10. The Hall–Kier alpha value is -1.75. The fourth-order valence-corrected chi connectivity index (χ4v) is 1.90. The van der Waals surface area contributed by atoms with Crippen LogP contribution >= 0.6 is 15.9 Å². The van der Waals surface area contributed by atoms with E-state index in [-0.39, 0.29) is 11.5 Å². The van der Waals surface area contributed by atoms with E-state index in [1.165, 1.54) is 18.2 Å². The summed E-state index contributed by atoms with van der Waals surface area (Å²) in [6, 6.07) is 11.6. The van der Waals surface area contributed by atoms with E-state index in [0.29, 0.717) is 19.0 Å². The summed E-state index contributed by atoms with van der Waals surface area (Å²) in [4.78, 5) is 0. The number of anilines is 1. The minimum atomic E-state index is -0.379. The van der Waals surface area contributed by atoms with E-state index < -0.39 is 0 Å². The summed E-state index contributed by atoms with van der Waals surface area (Å²) in [6.07, 6.45) is 0. The van der Waals surface area contributed by atoms with Crippen LogP contribution in [0.2, 0.25) is 0 Å². The normalized spacial score (nSPS) is 10.2. The lowest BCUT2D eigenvalue weighted by molar-refractivity contribution is 0.217. The molecule has 0 spiro atoms. The second-order valence-electron chi connectivity index (χ2n) is 3.84. The van der Waals surface area contributed by atoms with Crippen LogP contribution in [-0.2, 0) is 0 Å². The smallest absolute Gasteiger partial charge is 0.142 e. The molecule has 2 aromatic carbocycles. The molecule has 0 aliphatic carbocycles. The van der Waals surface area contributed by atoms with Gasteiger partial charge in [-0.3, -0.25) is 0 Å². The lowest BCUT2D eigenvalue weighted by Gasteiger charge is -2.10. The maximum Gasteiger partial charge on any atom is 0.142 e. The first-order chi connectivity index (χ1) is 9.15. The maximum atomic E-state index is 12.8. The average molecular weight is 326 g/mol. The molecule has 0 aliphatic heterocycles. The highest BCUT2D eigenvalue weighted by Gasteiger charge is 2.02. The van der Waals surface area contributed by atoms with Crippen LogP contribution in [0, 0.1) is 5.82 Å². The summed E-state index contributed by atoms with van der Waals surface area (Å²) in [5, 5.41) is 0. The molecule has 2 N–H and O–H groups in total. The molecule has 0 atom stereocenters. The first-order valence-corrected chi connectivity index (χ1v) is 6.50. The van der Waals surface area contributed by atoms with Gasteiger partial charge in [0.2, 0.25) is 0 Å². The molecule has 0 radical (unpaired) electrons. The monoisotopic (exact) mass is 325 g/mol. The lowest BCUT2D eigenvalue weighted by atomic mass is 10.3. The van der Waals surface area contributed by atoms with Crippen LogP contribution in [0.15, 0.2) is 46.9 Å². The van der Waals surface area contributed by atoms with Gasteiger partial charge in [-0.25, -0.2) is 4.39 Å². The van der Waals surface area contributed by atoms with Gasteiger partial charge in [0, 0.05) is 10.5 Å². The van der Waals surface area contributed by atoms with Crippen LogP contribution in [0.1, 0.15) is 0 Å². The van der Waals surface area contributed by atoms with Crippen LogP contribution in [0.25, 0.3) is 0 Å². The van der Waals surface area contributed by atoms with E-state index in [4.69, 9.17) is 15.2 Å². The van der Waals surface area contributed by atoms with Gasteiger partial charge in [0.15, 0.2) is 0 Å².